The lowest BCUT2D eigenvalue weighted by Crippen LogP contribution is -3.12. The SMILES string of the molecule is CC[NH+](CC)CCNC(=O)c1ccc2c(c1)C1C=CCC1C(c1ccc(C(C)C)cc1)N2. The first-order chi connectivity index (χ1) is 15.5. The number of fused-ring (bicyclic) bond motifs is 3. The Balaban J connectivity index is 1.51. The molecule has 3 atom stereocenters. The molecule has 4 rings (SSSR count). The second-order valence-electron chi connectivity index (χ2n) is 9.56. The van der Waals surface area contributed by atoms with Gasteiger partial charge >= 0.3 is 0 Å². The molecule has 0 saturated heterocycles. The molecule has 3 unspecified atom stereocenters. The molecular weight excluding hydrogens is 394 g/mol. The lowest BCUT2D eigenvalue weighted by molar-refractivity contribution is -0.895. The van der Waals surface area contributed by atoms with Gasteiger partial charge in [-0.15, -0.1) is 0 Å². The fraction of sp³-hybridized carbons (Fsp3) is 0.464. The van der Waals surface area contributed by atoms with Crippen molar-refractivity contribution in [2.24, 2.45) is 5.92 Å². The van der Waals surface area contributed by atoms with Crippen LogP contribution in [-0.4, -0.2) is 32.1 Å². The van der Waals surface area contributed by atoms with Crippen molar-refractivity contribution >= 4 is 11.6 Å². The maximum absolute atomic E-state index is 12.8. The van der Waals surface area contributed by atoms with Crippen LogP contribution in [0.25, 0.3) is 0 Å². The number of rotatable bonds is 8. The molecular formula is C28H38N3O+. The van der Waals surface area contributed by atoms with Crippen molar-refractivity contribution in [3.63, 3.8) is 0 Å². The summed E-state index contributed by atoms with van der Waals surface area (Å²) < 4.78 is 0. The molecule has 170 valence electrons. The summed E-state index contributed by atoms with van der Waals surface area (Å²) in [4.78, 5) is 14.3. The Labute approximate surface area is 193 Å². The first kappa shape index (κ1) is 22.6. The van der Waals surface area contributed by atoms with Crippen LogP contribution in [0, 0.1) is 5.92 Å². The average Bonchev–Trinajstić information content (AvgIpc) is 3.31. The van der Waals surface area contributed by atoms with E-state index in [9.17, 15) is 4.79 Å². The highest BCUT2D eigenvalue weighted by atomic mass is 16.1. The molecule has 2 aromatic carbocycles. The molecule has 1 amide bonds. The second-order valence-corrected chi connectivity index (χ2v) is 9.56. The van der Waals surface area contributed by atoms with E-state index in [4.69, 9.17) is 0 Å². The van der Waals surface area contributed by atoms with Gasteiger partial charge in [-0.1, -0.05) is 50.3 Å². The van der Waals surface area contributed by atoms with E-state index >= 15 is 0 Å². The van der Waals surface area contributed by atoms with Crippen LogP contribution in [0.1, 0.15) is 79.0 Å². The van der Waals surface area contributed by atoms with Gasteiger partial charge in [0.15, 0.2) is 0 Å². The maximum atomic E-state index is 12.8. The van der Waals surface area contributed by atoms with Gasteiger partial charge in [-0.25, -0.2) is 0 Å². The van der Waals surface area contributed by atoms with E-state index in [0.29, 0.717) is 30.3 Å². The Morgan fingerprint density at radius 3 is 2.56 bits per heavy atom. The number of hydrogen-bond donors (Lipinski definition) is 3. The zero-order chi connectivity index (χ0) is 22.7. The first-order valence-electron chi connectivity index (χ1n) is 12.3. The summed E-state index contributed by atoms with van der Waals surface area (Å²) in [6, 6.07) is 15.6. The number of hydrogen-bond acceptors (Lipinski definition) is 2. The summed E-state index contributed by atoms with van der Waals surface area (Å²) in [5.74, 6) is 1.41. The van der Waals surface area contributed by atoms with Crippen LogP contribution in [-0.2, 0) is 0 Å². The summed E-state index contributed by atoms with van der Waals surface area (Å²) in [7, 11) is 0. The largest absolute Gasteiger partial charge is 0.378 e. The van der Waals surface area contributed by atoms with Crippen molar-refractivity contribution in [3.05, 3.63) is 76.9 Å². The van der Waals surface area contributed by atoms with Gasteiger partial charge in [-0.05, 0) is 67.0 Å². The monoisotopic (exact) mass is 432 g/mol. The molecule has 1 aliphatic heterocycles. The van der Waals surface area contributed by atoms with Gasteiger partial charge in [-0.3, -0.25) is 4.79 Å². The predicted molar refractivity (Wildman–Crippen MR) is 133 cm³/mol. The number of carbonyl (C=O) groups excluding carboxylic acids is 1. The van der Waals surface area contributed by atoms with E-state index < -0.39 is 0 Å². The van der Waals surface area contributed by atoms with Crippen LogP contribution >= 0.6 is 0 Å². The Morgan fingerprint density at radius 1 is 1.12 bits per heavy atom. The number of allylic oxidation sites excluding steroid dienone is 2. The van der Waals surface area contributed by atoms with E-state index in [2.05, 4.69) is 86.9 Å². The molecule has 0 saturated carbocycles. The number of quaternary nitrogens is 1. The van der Waals surface area contributed by atoms with Crippen LogP contribution in [0.3, 0.4) is 0 Å². The van der Waals surface area contributed by atoms with Crippen molar-refractivity contribution in [3.8, 4) is 0 Å². The third kappa shape index (κ3) is 4.61. The minimum Gasteiger partial charge on any atom is -0.378 e. The van der Waals surface area contributed by atoms with Crippen molar-refractivity contribution in [1.82, 2.24) is 5.32 Å². The van der Waals surface area contributed by atoms with Crippen molar-refractivity contribution in [2.45, 2.75) is 52.0 Å². The first-order valence-corrected chi connectivity index (χ1v) is 12.3. The van der Waals surface area contributed by atoms with Gasteiger partial charge in [-0.2, -0.15) is 0 Å². The van der Waals surface area contributed by atoms with Crippen LogP contribution in [0.15, 0.2) is 54.6 Å². The highest BCUT2D eigenvalue weighted by Crippen LogP contribution is 2.50. The Kier molecular flexibility index (Phi) is 7.00. The molecule has 2 aromatic rings. The molecule has 2 aliphatic rings. The van der Waals surface area contributed by atoms with Crippen LogP contribution in [0.2, 0.25) is 0 Å². The third-order valence-corrected chi connectivity index (χ3v) is 7.35. The summed E-state index contributed by atoms with van der Waals surface area (Å²) in [5, 5.41) is 6.91. The van der Waals surface area contributed by atoms with Crippen LogP contribution in [0.5, 0.6) is 0 Å². The van der Waals surface area contributed by atoms with Gasteiger partial charge in [0.25, 0.3) is 5.91 Å². The van der Waals surface area contributed by atoms with Gasteiger partial charge in [0.1, 0.15) is 0 Å². The molecule has 0 radical (unpaired) electrons. The summed E-state index contributed by atoms with van der Waals surface area (Å²) in [5.41, 5.74) is 5.89. The zero-order valence-electron chi connectivity index (χ0n) is 19.9. The van der Waals surface area contributed by atoms with Crippen molar-refractivity contribution in [2.75, 3.05) is 31.5 Å². The molecule has 0 aromatic heterocycles. The molecule has 1 aliphatic carbocycles. The zero-order valence-corrected chi connectivity index (χ0v) is 19.9. The lowest BCUT2D eigenvalue weighted by Gasteiger charge is -2.37. The summed E-state index contributed by atoms with van der Waals surface area (Å²) >= 11 is 0. The van der Waals surface area contributed by atoms with Crippen molar-refractivity contribution < 1.29 is 9.69 Å². The summed E-state index contributed by atoms with van der Waals surface area (Å²) in [6.07, 6.45) is 5.71. The number of carbonyl (C=O) groups is 1. The molecule has 4 heteroatoms. The van der Waals surface area contributed by atoms with Gasteiger partial charge in [0.05, 0.1) is 32.2 Å². The Morgan fingerprint density at radius 2 is 1.88 bits per heavy atom. The highest BCUT2D eigenvalue weighted by Gasteiger charge is 2.38. The Bertz CT molecular complexity index is 959. The lowest BCUT2D eigenvalue weighted by atomic mass is 9.76. The molecule has 32 heavy (non-hydrogen) atoms. The molecule has 0 spiro atoms. The fourth-order valence-corrected chi connectivity index (χ4v) is 5.21. The van der Waals surface area contributed by atoms with E-state index in [1.165, 1.54) is 21.6 Å². The van der Waals surface area contributed by atoms with E-state index in [1.807, 2.05) is 6.07 Å². The van der Waals surface area contributed by atoms with E-state index in [0.717, 1.165) is 37.3 Å². The quantitative estimate of drug-likeness (QED) is 0.545. The number of benzene rings is 2. The number of likely N-dealkylation sites (N-methyl/N-ethyl adjacent to an activating group) is 1. The van der Waals surface area contributed by atoms with Gasteiger partial charge < -0.3 is 15.5 Å². The molecule has 4 nitrogen and oxygen atoms in total. The smallest absolute Gasteiger partial charge is 0.251 e. The second kappa shape index (κ2) is 9.91. The summed E-state index contributed by atoms with van der Waals surface area (Å²) in [6.45, 7) is 12.7. The molecule has 1 heterocycles. The van der Waals surface area contributed by atoms with Gasteiger partial charge in [0, 0.05) is 17.2 Å². The number of anilines is 1. The third-order valence-electron chi connectivity index (χ3n) is 7.35. The van der Waals surface area contributed by atoms with Crippen LogP contribution in [0.4, 0.5) is 5.69 Å². The minimum atomic E-state index is 0.0317. The number of nitrogens with one attached hydrogen (secondary N) is 3. The normalized spacial score (nSPS) is 21.4. The van der Waals surface area contributed by atoms with Crippen LogP contribution < -0.4 is 15.5 Å². The fourth-order valence-electron chi connectivity index (χ4n) is 5.21. The standard InChI is InChI=1S/C28H37N3O/c1-5-31(6-2)17-16-29-28(32)22-14-15-26-25(18-22)23-8-7-9-24(23)27(30-26)21-12-10-20(11-13-21)19(3)4/h7-8,10-15,18-19,23-24,27,30H,5-6,9,16-17H2,1-4H3,(H,29,32)/p+1. The molecule has 3 N–H and O–H groups in total. The van der Waals surface area contributed by atoms with Gasteiger partial charge in [0.2, 0.25) is 0 Å². The topological polar surface area (TPSA) is 45.6 Å². The maximum Gasteiger partial charge on any atom is 0.251 e. The Hall–Kier alpha value is -2.59. The minimum absolute atomic E-state index is 0.0317. The predicted octanol–water partition coefficient (Wildman–Crippen LogP) is 4.29. The van der Waals surface area contributed by atoms with Crippen molar-refractivity contribution in [1.29, 1.82) is 0 Å². The average molecular weight is 433 g/mol. The van der Waals surface area contributed by atoms with E-state index in [-0.39, 0.29) is 5.91 Å². The molecule has 0 fully saturated rings. The highest BCUT2D eigenvalue weighted by molar-refractivity contribution is 5.95. The molecule has 0 bridgehead atoms. The van der Waals surface area contributed by atoms with E-state index in [1.54, 1.807) is 0 Å². The number of amides is 1.